The van der Waals surface area contributed by atoms with Crippen LogP contribution in [-0.4, -0.2) is 4.98 Å². The summed E-state index contributed by atoms with van der Waals surface area (Å²) in [5.41, 5.74) is 2.43. The van der Waals surface area contributed by atoms with Gasteiger partial charge in [0, 0.05) is 6.20 Å². The Balaban J connectivity index is 2.82. The minimum absolute atomic E-state index is 0.216. The maximum absolute atomic E-state index is 12.4. The second-order valence-corrected chi connectivity index (χ2v) is 4.61. The van der Waals surface area contributed by atoms with Gasteiger partial charge in [-0.2, -0.15) is 13.2 Å². The van der Waals surface area contributed by atoms with Gasteiger partial charge in [-0.15, -0.1) is 0 Å². The lowest BCUT2D eigenvalue weighted by molar-refractivity contribution is -0.137. The van der Waals surface area contributed by atoms with Crippen LogP contribution in [0, 0.1) is 5.92 Å². The van der Waals surface area contributed by atoms with E-state index in [0.717, 1.165) is 31.5 Å². The molecule has 0 aliphatic rings. The molecule has 1 aromatic rings. The number of alkyl halides is 3. The Morgan fingerprint density at radius 3 is 2.26 bits per heavy atom. The molecule has 1 rings (SSSR count). The van der Waals surface area contributed by atoms with Gasteiger partial charge in [0.25, 0.3) is 0 Å². The summed E-state index contributed by atoms with van der Waals surface area (Å²) in [5.74, 6) is 5.95. The lowest BCUT2D eigenvalue weighted by atomic mass is 9.93. The molecule has 0 saturated heterocycles. The van der Waals surface area contributed by atoms with Gasteiger partial charge >= 0.3 is 6.18 Å². The van der Waals surface area contributed by atoms with Crippen molar-refractivity contribution in [2.75, 3.05) is 0 Å². The third kappa shape index (κ3) is 4.47. The average molecular weight is 275 g/mol. The minimum Gasteiger partial charge on any atom is -0.271 e. The van der Waals surface area contributed by atoms with Crippen molar-refractivity contribution in [3.8, 4) is 0 Å². The van der Waals surface area contributed by atoms with Crippen molar-refractivity contribution in [2.45, 2.75) is 45.3 Å². The average Bonchev–Trinajstić information content (AvgIpc) is 2.39. The highest BCUT2D eigenvalue weighted by molar-refractivity contribution is 5.18. The molecule has 0 aromatic carbocycles. The van der Waals surface area contributed by atoms with E-state index in [0.29, 0.717) is 11.6 Å². The van der Waals surface area contributed by atoms with E-state index in [1.165, 1.54) is 6.07 Å². The molecular formula is C13H20F3N3. The third-order valence-electron chi connectivity index (χ3n) is 3.40. The summed E-state index contributed by atoms with van der Waals surface area (Å²) >= 11 is 0. The number of hydrogen-bond donors (Lipinski definition) is 2. The molecule has 6 heteroatoms. The van der Waals surface area contributed by atoms with Crippen molar-refractivity contribution < 1.29 is 13.2 Å². The Morgan fingerprint density at radius 2 is 1.89 bits per heavy atom. The molecule has 1 heterocycles. The number of aromatic nitrogens is 1. The van der Waals surface area contributed by atoms with Crippen molar-refractivity contribution >= 4 is 0 Å². The first-order valence-corrected chi connectivity index (χ1v) is 6.41. The van der Waals surface area contributed by atoms with E-state index in [1.54, 1.807) is 0 Å². The van der Waals surface area contributed by atoms with Gasteiger partial charge in [-0.1, -0.05) is 26.7 Å². The summed E-state index contributed by atoms with van der Waals surface area (Å²) < 4.78 is 37.3. The van der Waals surface area contributed by atoms with Crippen LogP contribution >= 0.6 is 0 Å². The quantitative estimate of drug-likeness (QED) is 0.617. The first-order chi connectivity index (χ1) is 8.92. The molecule has 0 aliphatic carbocycles. The molecule has 0 amide bonds. The van der Waals surface area contributed by atoms with Crippen molar-refractivity contribution in [3.63, 3.8) is 0 Å². The van der Waals surface area contributed by atoms with Crippen LogP contribution in [0.1, 0.15) is 50.4 Å². The molecule has 0 bridgehead atoms. The van der Waals surface area contributed by atoms with Gasteiger partial charge in [0.05, 0.1) is 17.3 Å². The number of hydrogen-bond acceptors (Lipinski definition) is 3. The first kappa shape index (κ1) is 15.9. The van der Waals surface area contributed by atoms with E-state index in [-0.39, 0.29) is 6.04 Å². The Bertz CT molecular complexity index is 372. The molecule has 3 nitrogen and oxygen atoms in total. The zero-order chi connectivity index (χ0) is 14.5. The van der Waals surface area contributed by atoms with E-state index in [1.807, 2.05) is 0 Å². The Labute approximate surface area is 111 Å². The fourth-order valence-electron chi connectivity index (χ4n) is 2.01. The summed E-state index contributed by atoms with van der Waals surface area (Å²) in [7, 11) is 0. The van der Waals surface area contributed by atoms with Crippen LogP contribution in [-0.2, 0) is 6.18 Å². The van der Waals surface area contributed by atoms with Crippen LogP contribution in [0.25, 0.3) is 0 Å². The maximum atomic E-state index is 12.4. The molecule has 1 unspecified atom stereocenters. The molecule has 19 heavy (non-hydrogen) atoms. The van der Waals surface area contributed by atoms with Gasteiger partial charge in [0.2, 0.25) is 0 Å². The Morgan fingerprint density at radius 1 is 1.26 bits per heavy atom. The van der Waals surface area contributed by atoms with Gasteiger partial charge in [-0.3, -0.25) is 16.3 Å². The van der Waals surface area contributed by atoms with Crippen molar-refractivity contribution in [1.29, 1.82) is 0 Å². The third-order valence-corrected chi connectivity index (χ3v) is 3.40. The molecule has 108 valence electrons. The van der Waals surface area contributed by atoms with Crippen molar-refractivity contribution in [2.24, 2.45) is 11.8 Å². The standard InChI is InChI=1S/C13H20F3N3/c1-3-9(4-2)7-12(19-17)11-6-5-10(8-18-11)13(14,15)16/h5-6,8-9,12,19H,3-4,7,17H2,1-2H3. The maximum Gasteiger partial charge on any atom is 0.417 e. The van der Waals surface area contributed by atoms with Gasteiger partial charge in [-0.05, 0) is 24.5 Å². The number of nitrogens with two attached hydrogens (primary N) is 1. The van der Waals surface area contributed by atoms with Crippen LogP contribution < -0.4 is 11.3 Å². The number of nitrogens with zero attached hydrogens (tertiary/aromatic N) is 1. The number of nitrogens with one attached hydrogen (secondary N) is 1. The van der Waals surface area contributed by atoms with Crippen LogP contribution in [0.4, 0.5) is 13.2 Å². The van der Waals surface area contributed by atoms with Crippen molar-refractivity contribution in [3.05, 3.63) is 29.6 Å². The lowest BCUT2D eigenvalue weighted by Crippen LogP contribution is -2.30. The zero-order valence-electron chi connectivity index (χ0n) is 11.2. The first-order valence-electron chi connectivity index (χ1n) is 6.41. The summed E-state index contributed by atoms with van der Waals surface area (Å²) in [6.45, 7) is 4.17. The fourth-order valence-corrected chi connectivity index (χ4v) is 2.01. The van der Waals surface area contributed by atoms with Crippen LogP contribution in [0.3, 0.4) is 0 Å². The molecular weight excluding hydrogens is 255 g/mol. The van der Waals surface area contributed by atoms with Crippen LogP contribution in [0.15, 0.2) is 18.3 Å². The fraction of sp³-hybridized carbons (Fsp3) is 0.615. The number of halogens is 3. The second-order valence-electron chi connectivity index (χ2n) is 4.61. The highest BCUT2D eigenvalue weighted by Gasteiger charge is 2.31. The van der Waals surface area contributed by atoms with E-state index in [4.69, 9.17) is 5.84 Å². The summed E-state index contributed by atoms with van der Waals surface area (Å²) in [6.07, 6.45) is -0.717. The van der Waals surface area contributed by atoms with Crippen LogP contribution in [0.2, 0.25) is 0 Å². The molecule has 0 radical (unpaired) electrons. The molecule has 0 aliphatic heterocycles. The number of hydrazine groups is 1. The van der Waals surface area contributed by atoms with E-state index in [9.17, 15) is 13.2 Å². The van der Waals surface area contributed by atoms with E-state index in [2.05, 4.69) is 24.3 Å². The molecule has 3 N–H and O–H groups in total. The van der Waals surface area contributed by atoms with E-state index >= 15 is 0 Å². The van der Waals surface area contributed by atoms with Crippen molar-refractivity contribution in [1.82, 2.24) is 10.4 Å². The predicted molar refractivity (Wildman–Crippen MR) is 68.0 cm³/mol. The number of rotatable bonds is 6. The molecule has 0 spiro atoms. The zero-order valence-corrected chi connectivity index (χ0v) is 11.2. The summed E-state index contributed by atoms with van der Waals surface area (Å²) in [4.78, 5) is 3.88. The second kappa shape index (κ2) is 6.86. The predicted octanol–water partition coefficient (Wildman–Crippen LogP) is 3.43. The topological polar surface area (TPSA) is 50.9 Å². The molecule has 0 fully saturated rings. The lowest BCUT2D eigenvalue weighted by Gasteiger charge is -2.21. The Hall–Kier alpha value is -1.14. The monoisotopic (exact) mass is 275 g/mol. The SMILES string of the molecule is CCC(CC)CC(NN)c1ccc(C(F)(F)F)cn1. The van der Waals surface area contributed by atoms with Gasteiger partial charge in [0.15, 0.2) is 0 Å². The highest BCUT2D eigenvalue weighted by Crippen LogP contribution is 2.30. The smallest absolute Gasteiger partial charge is 0.271 e. The van der Waals surface area contributed by atoms with Gasteiger partial charge in [-0.25, -0.2) is 0 Å². The summed E-state index contributed by atoms with van der Waals surface area (Å²) in [5, 5.41) is 0. The largest absolute Gasteiger partial charge is 0.417 e. The molecule has 1 atom stereocenters. The van der Waals surface area contributed by atoms with Gasteiger partial charge in [0.1, 0.15) is 0 Å². The normalized spacial score (nSPS) is 13.8. The highest BCUT2D eigenvalue weighted by atomic mass is 19.4. The summed E-state index contributed by atoms with van der Waals surface area (Å²) in [6, 6.07) is 2.21. The molecule has 1 aromatic heterocycles. The number of pyridine rings is 1. The van der Waals surface area contributed by atoms with Gasteiger partial charge < -0.3 is 0 Å². The van der Waals surface area contributed by atoms with E-state index < -0.39 is 11.7 Å². The Kier molecular flexibility index (Phi) is 5.75. The van der Waals surface area contributed by atoms with Crippen LogP contribution in [0.5, 0.6) is 0 Å². The molecule has 0 saturated carbocycles. The minimum atomic E-state index is -4.35.